The Kier molecular flexibility index (Phi) is 7.08. The zero-order valence-electron chi connectivity index (χ0n) is 17.3. The van der Waals surface area contributed by atoms with Crippen LogP contribution in [0, 0.1) is 0 Å². The molecule has 0 amide bonds. The molecule has 0 aliphatic rings. The highest BCUT2D eigenvalue weighted by Gasteiger charge is 2.17. The zero-order chi connectivity index (χ0) is 22.4. The number of unbranched alkanes of at least 4 members (excludes halogenated alkanes) is 1. The number of hydrogen-bond donors (Lipinski definition) is 3. The number of carbonyl (C=O) groups excluding carboxylic acids is 1. The molecule has 0 aliphatic carbocycles. The summed E-state index contributed by atoms with van der Waals surface area (Å²) in [7, 11) is 1.30. The number of ether oxygens (including phenoxy) is 3. The molecule has 0 saturated carbocycles. The number of aliphatic hydroxyl groups is 1. The summed E-state index contributed by atoms with van der Waals surface area (Å²) in [6.45, 7) is 2.30. The third kappa shape index (κ3) is 5.31. The number of imidazole rings is 1. The molecule has 2 heterocycles. The summed E-state index contributed by atoms with van der Waals surface area (Å²) >= 11 is 0. The number of carbonyl (C=O) groups is 1. The molecule has 3 rings (SSSR count). The van der Waals surface area contributed by atoms with E-state index in [0.29, 0.717) is 17.9 Å². The molecule has 31 heavy (non-hydrogen) atoms. The van der Waals surface area contributed by atoms with Gasteiger partial charge in [-0.15, -0.1) is 0 Å². The topological polar surface area (TPSA) is 155 Å². The molecule has 166 valence electrons. The van der Waals surface area contributed by atoms with Crippen molar-refractivity contribution in [2.24, 2.45) is 0 Å². The van der Waals surface area contributed by atoms with Gasteiger partial charge >= 0.3 is 17.7 Å². The SMILES string of the molecule is CCCCOc1nc(N)c2[nH]c(=O)n(CC(O)COc3ccc(C(=O)OC)cc3)c2n1. The molecule has 0 radical (unpaired) electrons. The number of hydrogen-bond acceptors (Lipinski definition) is 9. The van der Waals surface area contributed by atoms with Crippen LogP contribution in [0.5, 0.6) is 11.8 Å². The van der Waals surface area contributed by atoms with Crippen molar-refractivity contribution < 1.29 is 24.1 Å². The Hall–Kier alpha value is -3.60. The van der Waals surface area contributed by atoms with Crippen molar-refractivity contribution in [3.63, 3.8) is 0 Å². The molecule has 4 N–H and O–H groups in total. The number of aromatic nitrogens is 4. The van der Waals surface area contributed by atoms with Crippen LogP contribution in [0.2, 0.25) is 0 Å². The summed E-state index contributed by atoms with van der Waals surface area (Å²) in [4.78, 5) is 34.7. The van der Waals surface area contributed by atoms with Gasteiger partial charge in [-0.3, -0.25) is 4.57 Å². The number of aliphatic hydroxyl groups excluding tert-OH is 1. The van der Waals surface area contributed by atoms with Gasteiger partial charge in [0.25, 0.3) is 0 Å². The monoisotopic (exact) mass is 431 g/mol. The second kappa shape index (κ2) is 9.94. The summed E-state index contributed by atoms with van der Waals surface area (Å²) in [5.74, 6) is 0.0875. The van der Waals surface area contributed by atoms with Crippen LogP contribution >= 0.6 is 0 Å². The molecule has 1 unspecified atom stereocenters. The van der Waals surface area contributed by atoms with E-state index in [-0.39, 0.29) is 36.1 Å². The normalized spacial score (nSPS) is 12.0. The number of fused-ring (bicyclic) bond motifs is 1. The highest BCUT2D eigenvalue weighted by atomic mass is 16.5. The van der Waals surface area contributed by atoms with Gasteiger partial charge in [0.2, 0.25) is 0 Å². The predicted molar refractivity (Wildman–Crippen MR) is 112 cm³/mol. The van der Waals surface area contributed by atoms with Gasteiger partial charge < -0.3 is 30.0 Å². The number of benzene rings is 1. The number of aromatic amines is 1. The molecule has 11 nitrogen and oxygen atoms in total. The minimum absolute atomic E-state index is 0.0719. The molecule has 0 fully saturated rings. The van der Waals surface area contributed by atoms with Crippen molar-refractivity contribution in [2.45, 2.75) is 32.4 Å². The first-order valence-electron chi connectivity index (χ1n) is 9.81. The average molecular weight is 431 g/mol. The van der Waals surface area contributed by atoms with E-state index in [9.17, 15) is 14.7 Å². The van der Waals surface area contributed by atoms with Crippen molar-refractivity contribution in [3.05, 3.63) is 40.3 Å². The van der Waals surface area contributed by atoms with E-state index in [4.69, 9.17) is 15.2 Å². The quantitative estimate of drug-likeness (QED) is 0.316. The van der Waals surface area contributed by atoms with Crippen molar-refractivity contribution >= 4 is 23.0 Å². The van der Waals surface area contributed by atoms with Gasteiger partial charge in [-0.25, -0.2) is 9.59 Å². The van der Waals surface area contributed by atoms with E-state index in [1.807, 2.05) is 6.92 Å². The molecule has 0 spiro atoms. The maximum atomic E-state index is 12.3. The van der Waals surface area contributed by atoms with Crippen LogP contribution in [0.3, 0.4) is 0 Å². The van der Waals surface area contributed by atoms with Crippen molar-refractivity contribution in [1.82, 2.24) is 19.5 Å². The molecule has 1 aromatic carbocycles. The molecule has 11 heteroatoms. The Morgan fingerprint density at radius 1 is 1.26 bits per heavy atom. The molecule has 2 aromatic heterocycles. The Labute approximate surface area is 177 Å². The Balaban J connectivity index is 1.69. The van der Waals surface area contributed by atoms with Crippen LogP contribution in [0.15, 0.2) is 29.1 Å². The van der Waals surface area contributed by atoms with E-state index < -0.39 is 17.8 Å². The van der Waals surface area contributed by atoms with E-state index in [1.165, 1.54) is 11.7 Å². The van der Waals surface area contributed by atoms with Gasteiger partial charge in [-0.2, -0.15) is 9.97 Å². The van der Waals surface area contributed by atoms with Crippen molar-refractivity contribution in [2.75, 3.05) is 26.1 Å². The average Bonchev–Trinajstić information content (AvgIpc) is 3.08. The van der Waals surface area contributed by atoms with Crippen LogP contribution in [0.1, 0.15) is 30.1 Å². The molecule has 0 saturated heterocycles. The van der Waals surface area contributed by atoms with Gasteiger partial charge in [0.1, 0.15) is 24.0 Å². The third-order valence-electron chi connectivity index (χ3n) is 4.47. The lowest BCUT2D eigenvalue weighted by Gasteiger charge is -2.13. The number of anilines is 1. The lowest BCUT2D eigenvalue weighted by atomic mass is 10.2. The summed E-state index contributed by atoms with van der Waals surface area (Å²) in [5.41, 5.74) is 6.34. The number of nitrogens with two attached hydrogens (primary N) is 1. The van der Waals surface area contributed by atoms with E-state index in [1.54, 1.807) is 24.3 Å². The van der Waals surface area contributed by atoms with Gasteiger partial charge in [-0.05, 0) is 30.7 Å². The fourth-order valence-electron chi connectivity index (χ4n) is 2.83. The summed E-state index contributed by atoms with van der Waals surface area (Å²) in [6.07, 6.45) is 0.764. The standard InChI is InChI=1S/C20H25N5O6/c1-3-4-9-30-19-23-16(21)15-17(24-19)25(20(28)22-15)10-13(26)11-31-14-7-5-12(6-8-14)18(27)29-2/h5-8,13,26H,3-4,9-11H2,1-2H3,(H,22,28)(H2,21,23,24). The lowest BCUT2D eigenvalue weighted by molar-refractivity contribution is 0.0600. The lowest BCUT2D eigenvalue weighted by Crippen LogP contribution is -2.29. The fourth-order valence-corrected chi connectivity index (χ4v) is 2.83. The fraction of sp³-hybridized carbons (Fsp3) is 0.400. The van der Waals surface area contributed by atoms with Gasteiger partial charge in [0.15, 0.2) is 11.5 Å². The first kappa shape index (κ1) is 22.1. The molecule has 0 bridgehead atoms. The highest BCUT2D eigenvalue weighted by Crippen LogP contribution is 2.18. The number of H-pyrrole nitrogens is 1. The van der Waals surface area contributed by atoms with Crippen LogP contribution in [0.4, 0.5) is 5.82 Å². The van der Waals surface area contributed by atoms with Crippen LogP contribution in [-0.4, -0.2) is 57.0 Å². The molecule has 1 atom stereocenters. The van der Waals surface area contributed by atoms with E-state index >= 15 is 0 Å². The highest BCUT2D eigenvalue weighted by molar-refractivity contribution is 5.89. The summed E-state index contributed by atoms with van der Waals surface area (Å²) < 4.78 is 16.9. The molecular formula is C20H25N5O6. The maximum Gasteiger partial charge on any atom is 0.337 e. The third-order valence-corrected chi connectivity index (χ3v) is 4.47. The number of nitrogens with zero attached hydrogens (tertiary/aromatic N) is 3. The molecule has 3 aromatic rings. The molecular weight excluding hydrogens is 406 g/mol. The first-order chi connectivity index (χ1) is 14.9. The van der Waals surface area contributed by atoms with Gasteiger partial charge in [0, 0.05) is 0 Å². The number of rotatable bonds is 10. The van der Waals surface area contributed by atoms with Crippen LogP contribution in [0.25, 0.3) is 11.2 Å². The smallest absolute Gasteiger partial charge is 0.337 e. The number of nitrogen functional groups attached to an aromatic ring is 1. The summed E-state index contributed by atoms with van der Waals surface area (Å²) in [5, 5.41) is 10.4. The minimum atomic E-state index is -1.02. The second-order valence-electron chi connectivity index (χ2n) is 6.81. The van der Waals surface area contributed by atoms with Crippen LogP contribution < -0.4 is 20.9 Å². The maximum absolute atomic E-state index is 12.3. The Bertz CT molecular complexity index is 1090. The Morgan fingerprint density at radius 2 is 2.00 bits per heavy atom. The zero-order valence-corrected chi connectivity index (χ0v) is 17.3. The Morgan fingerprint density at radius 3 is 2.68 bits per heavy atom. The van der Waals surface area contributed by atoms with Crippen molar-refractivity contribution in [1.29, 1.82) is 0 Å². The van der Waals surface area contributed by atoms with E-state index in [2.05, 4.69) is 19.7 Å². The van der Waals surface area contributed by atoms with Crippen molar-refractivity contribution in [3.8, 4) is 11.8 Å². The number of methoxy groups -OCH3 is 1. The minimum Gasteiger partial charge on any atom is -0.491 e. The largest absolute Gasteiger partial charge is 0.491 e. The first-order valence-corrected chi connectivity index (χ1v) is 9.81. The number of esters is 1. The number of nitrogens with one attached hydrogen (secondary N) is 1. The van der Waals surface area contributed by atoms with E-state index in [0.717, 1.165) is 12.8 Å². The predicted octanol–water partition coefficient (Wildman–Crippen LogP) is 1.11. The molecule has 0 aliphatic heterocycles. The van der Waals surface area contributed by atoms with Gasteiger partial charge in [-0.1, -0.05) is 13.3 Å². The van der Waals surface area contributed by atoms with Crippen LogP contribution in [-0.2, 0) is 11.3 Å². The second-order valence-corrected chi connectivity index (χ2v) is 6.81. The van der Waals surface area contributed by atoms with Gasteiger partial charge in [0.05, 0.1) is 25.8 Å². The summed E-state index contributed by atoms with van der Waals surface area (Å²) in [6, 6.07) is 6.35.